The van der Waals surface area contributed by atoms with Crippen molar-refractivity contribution in [1.29, 1.82) is 0 Å². The summed E-state index contributed by atoms with van der Waals surface area (Å²) in [6.07, 6.45) is 2.35. The summed E-state index contributed by atoms with van der Waals surface area (Å²) in [4.78, 5) is 26.7. The van der Waals surface area contributed by atoms with E-state index >= 15 is 0 Å². The highest BCUT2D eigenvalue weighted by atomic mass is 79.9. The van der Waals surface area contributed by atoms with Gasteiger partial charge in [-0.2, -0.15) is 0 Å². The fourth-order valence-corrected chi connectivity index (χ4v) is 6.39. The quantitative estimate of drug-likeness (QED) is 0.550. The number of fused-ring (bicyclic) bond motifs is 1. The lowest BCUT2D eigenvalue weighted by Gasteiger charge is -2.18. The standard InChI is InChI=1S/C22H22Br2N2O4S/c1-13-10-16(4-5-17(13)23)25-21(27)7-9-31(29,30)20-12-19-15(11-18(20)24)6-8-26(19)22(28)14-2-3-14/h4-5,10-12,14H,2-3,6-9H2,1H3,(H,25,27). The number of hydrogen-bond acceptors (Lipinski definition) is 4. The summed E-state index contributed by atoms with van der Waals surface area (Å²) in [7, 11) is -3.72. The Morgan fingerprint density at radius 2 is 1.87 bits per heavy atom. The molecule has 2 aromatic rings. The van der Waals surface area contributed by atoms with Crippen LogP contribution < -0.4 is 10.2 Å². The molecule has 0 unspecified atom stereocenters. The number of nitrogens with one attached hydrogen (secondary N) is 1. The van der Waals surface area contributed by atoms with Crippen LogP contribution in [0.25, 0.3) is 0 Å². The molecule has 0 radical (unpaired) electrons. The number of amides is 2. The van der Waals surface area contributed by atoms with Crippen molar-refractivity contribution in [2.75, 3.05) is 22.5 Å². The SMILES string of the molecule is Cc1cc(NC(=O)CCS(=O)(=O)c2cc3c(cc2Br)CCN3C(=O)C2CC2)ccc1Br. The minimum Gasteiger partial charge on any atom is -0.326 e. The molecule has 1 N–H and O–H groups in total. The Labute approximate surface area is 198 Å². The van der Waals surface area contributed by atoms with E-state index in [2.05, 4.69) is 37.2 Å². The van der Waals surface area contributed by atoms with Gasteiger partial charge in [0.05, 0.1) is 10.6 Å². The second-order valence-electron chi connectivity index (χ2n) is 8.01. The molecule has 0 bridgehead atoms. The van der Waals surface area contributed by atoms with Crippen LogP contribution in [-0.2, 0) is 25.8 Å². The topological polar surface area (TPSA) is 83.6 Å². The highest BCUT2D eigenvalue weighted by Crippen LogP contribution is 2.39. The largest absolute Gasteiger partial charge is 0.326 e. The molecule has 4 rings (SSSR count). The lowest BCUT2D eigenvalue weighted by atomic mass is 10.2. The first-order valence-corrected chi connectivity index (χ1v) is 13.3. The molecule has 1 heterocycles. The molecule has 1 saturated carbocycles. The number of carbonyl (C=O) groups is 2. The predicted molar refractivity (Wildman–Crippen MR) is 127 cm³/mol. The third kappa shape index (κ3) is 4.88. The number of nitrogens with zero attached hydrogens (tertiary/aromatic N) is 1. The van der Waals surface area contributed by atoms with Crippen LogP contribution in [0.1, 0.15) is 30.4 Å². The van der Waals surface area contributed by atoms with E-state index in [1.54, 1.807) is 23.1 Å². The zero-order valence-electron chi connectivity index (χ0n) is 17.0. The summed E-state index contributed by atoms with van der Waals surface area (Å²) in [6, 6.07) is 8.77. The van der Waals surface area contributed by atoms with Crippen molar-refractivity contribution in [3.8, 4) is 0 Å². The molecule has 2 aliphatic rings. The molecule has 1 aliphatic carbocycles. The summed E-state index contributed by atoms with van der Waals surface area (Å²) in [6.45, 7) is 2.49. The molecule has 0 atom stereocenters. The third-order valence-electron chi connectivity index (χ3n) is 5.60. The maximum Gasteiger partial charge on any atom is 0.230 e. The van der Waals surface area contributed by atoms with Crippen molar-refractivity contribution < 1.29 is 18.0 Å². The minimum absolute atomic E-state index is 0.0700. The van der Waals surface area contributed by atoms with Gasteiger partial charge in [-0.15, -0.1) is 0 Å². The fraction of sp³-hybridized carbons (Fsp3) is 0.364. The normalized spacial score (nSPS) is 15.6. The first-order chi connectivity index (χ1) is 14.7. The maximum atomic E-state index is 13.0. The van der Waals surface area contributed by atoms with E-state index in [1.165, 1.54) is 0 Å². The number of halogens is 2. The molecular weight excluding hydrogens is 548 g/mol. The van der Waals surface area contributed by atoms with E-state index < -0.39 is 9.84 Å². The van der Waals surface area contributed by atoms with Crippen LogP contribution in [0.2, 0.25) is 0 Å². The van der Waals surface area contributed by atoms with Crippen molar-refractivity contribution in [2.24, 2.45) is 5.92 Å². The molecule has 1 fully saturated rings. The first kappa shape index (κ1) is 22.5. The predicted octanol–water partition coefficient (Wildman–Crippen LogP) is 4.62. The fourth-order valence-electron chi connectivity index (χ4n) is 3.69. The molecule has 0 saturated heterocycles. The summed E-state index contributed by atoms with van der Waals surface area (Å²) in [5.74, 6) is -0.537. The van der Waals surface area contributed by atoms with E-state index in [4.69, 9.17) is 0 Å². The van der Waals surface area contributed by atoms with Gasteiger partial charge in [-0.25, -0.2) is 8.42 Å². The molecule has 31 heavy (non-hydrogen) atoms. The van der Waals surface area contributed by atoms with Crippen molar-refractivity contribution in [1.82, 2.24) is 0 Å². The molecule has 2 aromatic carbocycles. The zero-order valence-corrected chi connectivity index (χ0v) is 20.9. The van der Waals surface area contributed by atoms with Crippen molar-refractivity contribution in [3.63, 3.8) is 0 Å². The highest BCUT2D eigenvalue weighted by molar-refractivity contribution is 9.10. The maximum absolute atomic E-state index is 13.0. The van der Waals surface area contributed by atoms with Gasteiger partial charge < -0.3 is 10.2 Å². The number of carbonyl (C=O) groups excluding carboxylic acids is 2. The van der Waals surface area contributed by atoms with Gasteiger partial charge in [0.25, 0.3) is 0 Å². The zero-order chi connectivity index (χ0) is 22.3. The van der Waals surface area contributed by atoms with E-state index in [9.17, 15) is 18.0 Å². The number of benzene rings is 2. The molecule has 2 amide bonds. The van der Waals surface area contributed by atoms with Gasteiger partial charge in [0.15, 0.2) is 9.84 Å². The number of sulfone groups is 1. The summed E-state index contributed by atoms with van der Waals surface area (Å²) < 4.78 is 27.4. The van der Waals surface area contributed by atoms with Crippen LogP contribution in [0, 0.1) is 12.8 Å². The third-order valence-corrected chi connectivity index (χ3v) is 9.15. The molecular formula is C22H22Br2N2O4S. The van der Waals surface area contributed by atoms with Gasteiger partial charge in [-0.3, -0.25) is 9.59 Å². The Bertz CT molecular complexity index is 1180. The Kier molecular flexibility index (Phi) is 6.29. The molecule has 1 aliphatic heterocycles. The number of hydrogen-bond donors (Lipinski definition) is 1. The second kappa shape index (κ2) is 8.67. The van der Waals surface area contributed by atoms with Crippen LogP contribution in [0.3, 0.4) is 0 Å². The minimum atomic E-state index is -3.72. The lowest BCUT2D eigenvalue weighted by Crippen LogP contribution is -2.30. The van der Waals surface area contributed by atoms with E-state index in [0.29, 0.717) is 28.8 Å². The highest BCUT2D eigenvalue weighted by Gasteiger charge is 2.37. The van der Waals surface area contributed by atoms with Crippen molar-refractivity contribution in [3.05, 3.63) is 50.4 Å². The molecule has 0 spiro atoms. The average Bonchev–Trinajstić information content (AvgIpc) is 3.48. The molecule has 164 valence electrons. The summed E-state index contributed by atoms with van der Waals surface area (Å²) in [5, 5.41) is 2.74. The number of rotatable bonds is 6. The van der Waals surface area contributed by atoms with Crippen molar-refractivity contribution >= 4 is 64.9 Å². The molecule has 0 aromatic heterocycles. The van der Waals surface area contributed by atoms with Crippen LogP contribution in [0.5, 0.6) is 0 Å². The Hall–Kier alpha value is -1.71. The number of aryl methyl sites for hydroxylation is 1. The van der Waals surface area contributed by atoms with E-state index in [0.717, 1.165) is 28.4 Å². The number of anilines is 2. The Balaban J connectivity index is 1.48. The summed E-state index contributed by atoms with van der Waals surface area (Å²) >= 11 is 6.78. The Morgan fingerprint density at radius 1 is 1.13 bits per heavy atom. The van der Waals surface area contributed by atoms with Crippen LogP contribution >= 0.6 is 31.9 Å². The van der Waals surface area contributed by atoms with Crippen LogP contribution in [0.4, 0.5) is 11.4 Å². The smallest absolute Gasteiger partial charge is 0.230 e. The lowest BCUT2D eigenvalue weighted by molar-refractivity contribution is -0.119. The second-order valence-corrected chi connectivity index (χ2v) is 11.8. The Morgan fingerprint density at radius 3 is 2.55 bits per heavy atom. The van der Waals surface area contributed by atoms with Gasteiger partial charge >= 0.3 is 0 Å². The van der Waals surface area contributed by atoms with Crippen molar-refractivity contribution in [2.45, 2.75) is 37.5 Å². The van der Waals surface area contributed by atoms with E-state index in [1.807, 2.05) is 19.1 Å². The molecule has 6 nitrogen and oxygen atoms in total. The monoisotopic (exact) mass is 568 g/mol. The van der Waals surface area contributed by atoms with Gasteiger partial charge in [-0.1, -0.05) is 15.9 Å². The first-order valence-electron chi connectivity index (χ1n) is 10.1. The average molecular weight is 570 g/mol. The van der Waals surface area contributed by atoms with Gasteiger partial charge in [-0.05, 0) is 83.6 Å². The van der Waals surface area contributed by atoms with Gasteiger partial charge in [0.1, 0.15) is 0 Å². The molecule has 9 heteroatoms. The summed E-state index contributed by atoms with van der Waals surface area (Å²) in [5.41, 5.74) is 3.23. The van der Waals surface area contributed by atoms with Gasteiger partial charge in [0.2, 0.25) is 11.8 Å². The van der Waals surface area contributed by atoms with Crippen LogP contribution in [-0.4, -0.2) is 32.5 Å². The van der Waals surface area contributed by atoms with Crippen LogP contribution in [0.15, 0.2) is 44.2 Å². The van der Waals surface area contributed by atoms with Gasteiger partial charge in [0, 0.05) is 39.2 Å². The van der Waals surface area contributed by atoms with E-state index in [-0.39, 0.29) is 34.8 Å².